The van der Waals surface area contributed by atoms with Crippen molar-refractivity contribution in [1.29, 1.82) is 5.26 Å². The highest BCUT2D eigenvalue weighted by Gasteiger charge is 2.35. The number of nitriles is 1. The molecule has 0 atom stereocenters. The summed E-state index contributed by atoms with van der Waals surface area (Å²) >= 11 is 0. The van der Waals surface area contributed by atoms with Gasteiger partial charge >= 0.3 is 0 Å². The molecule has 0 N–H and O–H groups in total. The molecule has 1 amide bonds. The molecule has 2 fully saturated rings. The van der Waals surface area contributed by atoms with E-state index in [0.717, 1.165) is 31.4 Å². The van der Waals surface area contributed by atoms with Gasteiger partial charge in [0.25, 0.3) is 10.2 Å². The maximum absolute atomic E-state index is 13.1. The van der Waals surface area contributed by atoms with E-state index in [4.69, 9.17) is 5.26 Å². The second-order valence-corrected chi connectivity index (χ2v) is 10.3. The molecule has 2 aliphatic rings. The number of nitrogens with zero attached hydrogens (tertiary/aromatic N) is 5. The maximum atomic E-state index is 13.1. The molecule has 170 valence electrons. The van der Waals surface area contributed by atoms with Gasteiger partial charge in [-0.15, -0.1) is 0 Å². The molecule has 1 saturated heterocycles. The molecule has 0 spiro atoms. The molecule has 31 heavy (non-hydrogen) atoms. The summed E-state index contributed by atoms with van der Waals surface area (Å²) in [6.07, 6.45) is 5.49. The third-order valence-corrected chi connectivity index (χ3v) is 8.33. The van der Waals surface area contributed by atoms with Crippen LogP contribution in [0.2, 0.25) is 0 Å². The summed E-state index contributed by atoms with van der Waals surface area (Å²) in [5.41, 5.74) is 0.776. The predicted octanol–water partition coefficient (Wildman–Crippen LogP) is 2.06. The van der Waals surface area contributed by atoms with Gasteiger partial charge in [-0.25, -0.2) is 0 Å². The van der Waals surface area contributed by atoms with Crippen molar-refractivity contribution < 1.29 is 13.2 Å². The molecule has 1 aliphatic carbocycles. The minimum Gasteiger partial charge on any atom is -0.310 e. The number of para-hydroxylation sites is 1. The normalized spacial score (nSPS) is 19.3. The fourth-order valence-electron chi connectivity index (χ4n) is 4.38. The number of benzene rings is 1. The van der Waals surface area contributed by atoms with E-state index in [1.807, 2.05) is 35.2 Å². The first-order chi connectivity index (χ1) is 14.9. The van der Waals surface area contributed by atoms with Gasteiger partial charge in [-0.05, 0) is 25.0 Å². The van der Waals surface area contributed by atoms with E-state index in [-0.39, 0.29) is 24.9 Å². The van der Waals surface area contributed by atoms with Crippen LogP contribution in [0.15, 0.2) is 30.3 Å². The number of amides is 1. The van der Waals surface area contributed by atoms with Gasteiger partial charge in [-0.2, -0.15) is 22.3 Å². The summed E-state index contributed by atoms with van der Waals surface area (Å²) < 4.78 is 29.2. The van der Waals surface area contributed by atoms with Gasteiger partial charge in [0.2, 0.25) is 5.91 Å². The summed E-state index contributed by atoms with van der Waals surface area (Å²) in [6, 6.07) is 11.5. The molecule has 1 saturated carbocycles. The molecule has 3 rings (SSSR count). The minimum absolute atomic E-state index is 0.0721. The first-order valence-corrected chi connectivity index (χ1v) is 12.5. The van der Waals surface area contributed by atoms with Crippen LogP contribution in [0.4, 0.5) is 5.69 Å². The third-order valence-electron chi connectivity index (χ3n) is 6.29. The van der Waals surface area contributed by atoms with E-state index in [9.17, 15) is 13.2 Å². The van der Waals surface area contributed by atoms with Gasteiger partial charge in [0, 0.05) is 51.5 Å². The Kier molecular flexibility index (Phi) is 8.43. The molecule has 0 aromatic heterocycles. The maximum Gasteiger partial charge on any atom is 0.282 e. The lowest BCUT2D eigenvalue weighted by atomic mass is 9.96. The minimum atomic E-state index is -3.48. The second-order valence-electron chi connectivity index (χ2n) is 8.28. The Morgan fingerprint density at radius 3 is 2.35 bits per heavy atom. The highest BCUT2D eigenvalue weighted by Crippen LogP contribution is 2.25. The van der Waals surface area contributed by atoms with Gasteiger partial charge in [0.1, 0.15) is 0 Å². The van der Waals surface area contributed by atoms with E-state index in [0.29, 0.717) is 32.7 Å². The molecule has 9 heteroatoms. The van der Waals surface area contributed by atoms with E-state index in [2.05, 4.69) is 6.07 Å². The Balaban J connectivity index is 1.56. The Morgan fingerprint density at radius 2 is 1.74 bits per heavy atom. The molecule has 1 heterocycles. The first kappa shape index (κ1) is 23.7. The lowest BCUT2D eigenvalue weighted by molar-refractivity contribution is -0.120. The van der Waals surface area contributed by atoms with Crippen LogP contribution in [-0.4, -0.2) is 80.2 Å². The molecule has 1 aliphatic heterocycles. The summed E-state index contributed by atoms with van der Waals surface area (Å²) in [4.78, 5) is 16.6. The van der Waals surface area contributed by atoms with Gasteiger partial charge in [-0.3, -0.25) is 9.69 Å². The van der Waals surface area contributed by atoms with Crippen molar-refractivity contribution in [3.63, 3.8) is 0 Å². The van der Waals surface area contributed by atoms with E-state index >= 15 is 0 Å². The zero-order valence-electron chi connectivity index (χ0n) is 18.3. The number of carbonyl (C=O) groups excluding carboxylic acids is 1. The number of piperazine rings is 1. The van der Waals surface area contributed by atoms with Gasteiger partial charge in [-0.1, -0.05) is 37.5 Å². The zero-order valence-corrected chi connectivity index (χ0v) is 19.1. The van der Waals surface area contributed by atoms with Gasteiger partial charge in [0.15, 0.2) is 0 Å². The van der Waals surface area contributed by atoms with Crippen molar-refractivity contribution in [3.05, 3.63) is 30.3 Å². The van der Waals surface area contributed by atoms with Crippen LogP contribution in [0.25, 0.3) is 0 Å². The first-order valence-electron chi connectivity index (χ1n) is 11.1. The van der Waals surface area contributed by atoms with E-state index in [1.165, 1.54) is 6.42 Å². The van der Waals surface area contributed by atoms with E-state index < -0.39 is 10.2 Å². The fraction of sp³-hybridized carbons (Fsp3) is 0.636. The van der Waals surface area contributed by atoms with Crippen LogP contribution in [0.1, 0.15) is 38.5 Å². The van der Waals surface area contributed by atoms with E-state index in [1.54, 1.807) is 20.6 Å². The van der Waals surface area contributed by atoms with Crippen LogP contribution < -0.4 is 4.90 Å². The van der Waals surface area contributed by atoms with Crippen molar-refractivity contribution in [1.82, 2.24) is 13.5 Å². The standard InChI is InChI=1S/C22H33N5O3S/c1-24(20-9-4-2-5-10-20)31(29,30)26-17-15-25(16-18-26)19-22(28)27(14-8-13-23)21-11-6-3-7-12-21/h3,6-7,11-12,20H,2,4-5,8-10,14-19H2,1H3. The van der Waals surface area contributed by atoms with Crippen LogP contribution >= 0.6 is 0 Å². The zero-order chi connectivity index (χ0) is 22.3. The molecule has 0 bridgehead atoms. The Morgan fingerprint density at radius 1 is 1.10 bits per heavy atom. The lowest BCUT2D eigenvalue weighted by Crippen LogP contribution is -2.55. The van der Waals surface area contributed by atoms with Gasteiger partial charge in [0.05, 0.1) is 19.0 Å². The third kappa shape index (κ3) is 6.04. The van der Waals surface area contributed by atoms with Crippen molar-refractivity contribution in [2.24, 2.45) is 0 Å². The second kappa shape index (κ2) is 11.0. The van der Waals surface area contributed by atoms with Crippen LogP contribution in [0.5, 0.6) is 0 Å². The molecular formula is C22H33N5O3S. The Labute approximate surface area is 186 Å². The molecule has 0 radical (unpaired) electrons. The lowest BCUT2D eigenvalue weighted by Gasteiger charge is -2.38. The fourth-order valence-corrected chi connectivity index (χ4v) is 5.95. The van der Waals surface area contributed by atoms with Crippen molar-refractivity contribution in [2.45, 2.75) is 44.6 Å². The average Bonchev–Trinajstić information content (AvgIpc) is 2.80. The quantitative estimate of drug-likeness (QED) is 0.609. The van der Waals surface area contributed by atoms with Gasteiger partial charge < -0.3 is 4.90 Å². The monoisotopic (exact) mass is 447 g/mol. The smallest absolute Gasteiger partial charge is 0.282 e. The molecule has 0 unspecified atom stereocenters. The highest BCUT2D eigenvalue weighted by molar-refractivity contribution is 7.86. The molecular weight excluding hydrogens is 414 g/mol. The molecule has 8 nitrogen and oxygen atoms in total. The van der Waals surface area contributed by atoms with Crippen molar-refractivity contribution in [2.75, 3.05) is 51.2 Å². The van der Waals surface area contributed by atoms with Crippen LogP contribution in [-0.2, 0) is 15.0 Å². The topological polar surface area (TPSA) is 88.0 Å². The SMILES string of the molecule is CN(C1CCCCC1)S(=O)(=O)N1CCN(CC(=O)N(CCC#N)c2ccccc2)CC1. The van der Waals surface area contributed by atoms with Crippen molar-refractivity contribution >= 4 is 21.8 Å². The highest BCUT2D eigenvalue weighted by atomic mass is 32.2. The number of hydrogen-bond donors (Lipinski definition) is 0. The van der Waals surface area contributed by atoms with Crippen LogP contribution in [0.3, 0.4) is 0 Å². The largest absolute Gasteiger partial charge is 0.310 e. The van der Waals surface area contributed by atoms with Crippen LogP contribution in [0, 0.1) is 11.3 Å². The number of anilines is 1. The summed E-state index contributed by atoms with van der Waals surface area (Å²) in [6.45, 7) is 2.37. The number of carbonyl (C=O) groups is 1. The van der Waals surface area contributed by atoms with Crippen molar-refractivity contribution in [3.8, 4) is 6.07 Å². The molecule has 1 aromatic carbocycles. The molecule has 1 aromatic rings. The summed E-state index contributed by atoms with van der Waals surface area (Å²) in [5.74, 6) is -0.0721. The summed E-state index contributed by atoms with van der Waals surface area (Å²) in [5, 5.41) is 8.94. The predicted molar refractivity (Wildman–Crippen MR) is 121 cm³/mol. The summed E-state index contributed by atoms with van der Waals surface area (Å²) in [7, 11) is -1.77. The Bertz CT molecular complexity index is 857. The average molecular weight is 448 g/mol. The number of rotatable bonds is 8. The number of hydrogen-bond acceptors (Lipinski definition) is 5. The Hall–Kier alpha value is -1.99.